The summed E-state index contributed by atoms with van der Waals surface area (Å²) in [6.07, 6.45) is 0.830. The summed E-state index contributed by atoms with van der Waals surface area (Å²) in [6.45, 7) is 1.89. The Morgan fingerprint density at radius 3 is 2.33 bits per heavy atom. The molecule has 4 heteroatoms. The van der Waals surface area contributed by atoms with Crippen molar-refractivity contribution in [2.75, 3.05) is 0 Å². The Balaban J connectivity index is 0. The average molecular weight is 156 g/mol. The van der Waals surface area contributed by atoms with Gasteiger partial charge in [0.25, 0.3) is 0 Å². The van der Waals surface area contributed by atoms with E-state index < -0.39 is 5.97 Å². The third-order valence-corrected chi connectivity index (χ3v) is 1.42. The predicted molar refractivity (Wildman–Crippen MR) is 32.7 cm³/mol. The van der Waals surface area contributed by atoms with E-state index in [9.17, 15) is 9.90 Å². The zero-order chi connectivity index (χ0) is 6.57. The van der Waals surface area contributed by atoms with Gasteiger partial charge in [-0.15, -0.1) is 0 Å². The van der Waals surface area contributed by atoms with Crippen LogP contribution >= 0.6 is 12.6 Å². The molecule has 0 unspecified atom stereocenters. The molecule has 0 rings (SSSR count). The van der Waals surface area contributed by atoms with Gasteiger partial charge in [0.05, 0.1) is 0 Å². The van der Waals surface area contributed by atoms with Crippen LogP contribution in [0.25, 0.3) is 0 Å². The first-order chi connectivity index (χ1) is 3.66. The molecule has 0 fully saturated rings. The number of aliphatic carboxylic acids is 1. The number of hydrogen-bond acceptors (Lipinski definition) is 3. The van der Waals surface area contributed by atoms with Crippen molar-refractivity contribution >= 4 is 18.6 Å². The minimum absolute atomic E-state index is 0. The number of carbonyl (C=O) groups is 1. The number of hydrogen-bond donors (Lipinski definition) is 1. The van der Waals surface area contributed by atoms with E-state index in [-0.39, 0.29) is 41.2 Å². The van der Waals surface area contributed by atoms with E-state index in [0.29, 0.717) is 0 Å². The van der Waals surface area contributed by atoms with Crippen LogP contribution in [0, 0.1) is 0 Å². The molecule has 0 spiro atoms. The maximum absolute atomic E-state index is 9.81. The molecule has 0 aromatic carbocycles. The fourth-order valence-electron chi connectivity index (χ4n) is 0.337. The van der Waals surface area contributed by atoms with Crippen LogP contribution in [-0.2, 0) is 4.79 Å². The van der Waals surface area contributed by atoms with Gasteiger partial charge in [0, 0.05) is 11.2 Å². The second kappa shape index (κ2) is 6.93. The third kappa shape index (κ3) is 8.82. The summed E-state index contributed by atoms with van der Waals surface area (Å²) in [5.74, 6) is -1.02. The largest absolute Gasteiger partial charge is 1.00 e. The molecule has 0 saturated heterocycles. The van der Waals surface area contributed by atoms with Gasteiger partial charge < -0.3 is 9.90 Å². The molecule has 0 amide bonds. The van der Waals surface area contributed by atoms with E-state index in [2.05, 4.69) is 12.6 Å². The normalized spacial score (nSPS) is 11.8. The van der Waals surface area contributed by atoms with Gasteiger partial charge in [0.1, 0.15) is 0 Å². The summed E-state index contributed by atoms with van der Waals surface area (Å²) in [5.41, 5.74) is 0. The summed E-state index contributed by atoms with van der Waals surface area (Å²) in [6, 6.07) is 0. The number of carboxylic acids is 1. The third-order valence-electron chi connectivity index (χ3n) is 0.874. The van der Waals surface area contributed by atoms with Crippen molar-refractivity contribution in [2.24, 2.45) is 0 Å². The van der Waals surface area contributed by atoms with Gasteiger partial charge in [-0.3, -0.25) is 0 Å². The van der Waals surface area contributed by atoms with Crippen LogP contribution in [0.3, 0.4) is 0 Å². The number of carboxylic acid groups (broad SMARTS) is 1. The second-order valence-corrected chi connectivity index (χ2v) is 2.37. The molecular weight excluding hydrogens is 147 g/mol. The van der Waals surface area contributed by atoms with Crippen molar-refractivity contribution in [3.63, 3.8) is 0 Å². The molecule has 0 aliphatic rings. The first-order valence-electron chi connectivity index (χ1n) is 2.54. The number of carbonyl (C=O) groups excluding carboxylic acids is 1. The van der Waals surface area contributed by atoms with Gasteiger partial charge in [0.15, 0.2) is 0 Å². The zero-order valence-corrected chi connectivity index (χ0v) is 8.65. The van der Waals surface area contributed by atoms with Gasteiger partial charge in [-0.25, -0.2) is 0 Å². The van der Waals surface area contributed by atoms with Crippen molar-refractivity contribution in [1.29, 1.82) is 0 Å². The van der Waals surface area contributed by atoms with Crippen LogP contribution in [0.15, 0.2) is 0 Å². The summed E-state index contributed by atoms with van der Waals surface area (Å²) in [7, 11) is 0. The Labute approximate surface area is 82.7 Å². The molecule has 0 aliphatic carbocycles. The molecule has 48 valence electrons. The van der Waals surface area contributed by atoms with Crippen molar-refractivity contribution < 1.29 is 39.5 Å². The van der Waals surface area contributed by atoms with Crippen LogP contribution in [0.5, 0.6) is 0 Å². The van der Waals surface area contributed by atoms with E-state index in [1.54, 1.807) is 0 Å². The number of thiol groups is 1. The van der Waals surface area contributed by atoms with Gasteiger partial charge in [-0.1, -0.05) is 6.92 Å². The first kappa shape index (κ1) is 12.5. The van der Waals surface area contributed by atoms with Gasteiger partial charge in [0.2, 0.25) is 0 Å². The van der Waals surface area contributed by atoms with Crippen molar-refractivity contribution in [3.05, 3.63) is 0 Å². The van der Waals surface area contributed by atoms with E-state index in [1.807, 2.05) is 6.92 Å². The fourth-order valence-corrected chi connectivity index (χ4v) is 0.486. The predicted octanol–water partition coefficient (Wildman–Crippen LogP) is -3.16. The Morgan fingerprint density at radius 2 is 2.22 bits per heavy atom. The SMILES string of the molecule is CC[C@@H](S)CC(=O)[O-].[Na+]. The summed E-state index contributed by atoms with van der Waals surface area (Å²) in [4.78, 5) is 9.81. The van der Waals surface area contributed by atoms with Crippen molar-refractivity contribution in [3.8, 4) is 0 Å². The van der Waals surface area contributed by atoms with Crippen molar-refractivity contribution in [1.82, 2.24) is 0 Å². The van der Waals surface area contributed by atoms with Crippen LogP contribution in [-0.4, -0.2) is 11.2 Å². The molecule has 0 saturated carbocycles. The van der Waals surface area contributed by atoms with Gasteiger partial charge >= 0.3 is 29.6 Å². The molecule has 0 N–H and O–H groups in total. The maximum atomic E-state index is 9.81. The molecule has 1 atom stereocenters. The van der Waals surface area contributed by atoms with E-state index in [1.165, 1.54) is 0 Å². The molecule has 0 aromatic rings. The Hall–Kier alpha value is 0.820. The molecule has 0 heterocycles. The van der Waals surface area contributed by atoms with Crippen LogP contribution in [0.4, 0.5) is 0 Å². The Bertz CT molecular complexity index is 87.0. The molecule has 0 aliphatic heterocycles. The molecular formula is C5H9NaO2S. The molecule has 9 heavy (non-hydrogen) atoms. The number of rotatable bonds is 3. The average Bonchev–Trinajstić information content (AvgIpc) is 1.65. The maximum Gasteiger partial charge on any atom is 1.00 e. The van der Waals surface area contributed by atoms with E-state index in [0.717, 1.165) is 6.42 Å². The van der Waals surface area contributed by atoms with Crippen LogP contribution in [0.2, 0.25) is 0 Å². The fraction of sp³-hybridized carbons (Fsp3) is 0.800. The quantitative estimate of drug-likeness (QED) is 0.346. The summed E-state index contributed by atoms with van der Waals surface area (Å²) < 4.78 is 0. The van der Waals surface area contributed by atoms with Gasteiger partial charge in [-0.05, 0) is 12.8 Å². The molecule has 0 radical (unpaired) electrons. The minimum atomic E-state index is -1.02. The standard InChI is InChI=1S/C5H10O2S.Na/c1-2-4(8)3-5(6)7;/h4,8H,2-3H2,1H3,(H,6,7);/q;+1/p-1/t4-;/m1./s1. The Morgan fingerprint density at radius 1 is 1.78 bits per heavy atom. The van der Waals surface area contributed by atoms with Crippen molar-refractivity contribution in [2.45, 2.75) is 25.0 Å². The molecule has 2 nitrogen and oxygen atoms in total. The Kier molecular flexibility index (Phi) is 9.62. The summed E-state index contributed by atoms with van der Waals surface area (Å²) >= 11 is 3.95. The zero-order valence-electron chi connectivity index (χ0n) is 5.76. The minimum Gasteiger partial charge on any atom is -0.550 e. The first-order valence-corrected chi connectivity index (χ1v) is 3.06. The molecule has 0 bridgehead atoms. The topological polar surface area (TPSA) is 40.1 Å². The van der Waals surface area contributed by atoms with Crippen LogP contribution < -0.4 is 34.7 Å². The smallest absolute Gasteiger partial charge is 0.550 e. The molecule has 0 aromatic heterocycles. The van der Waals surface area contributed by atoms with Gasteiger partial charge in [-0.2, -0.15) is 12.6 Å². The van der Waals surface area contributed by atoms with Crippen LogP contribution in [0.1, 0.15) is 19.8 Å². The second-order valence-electron chi connectivity index (χ2n) is 1.64. The monoisotopic (exact) mass is 156 g/mol. The van der Waals surface area contributed by atoms with E-state index >= 15 is 0 Å². The van der Waals surface area contributed by atoms with E-state index in [4.69, 9.17) is 0 Å². The summed E-state index contributed by atoms with van der Waals surface area (Å²) in [5, 5.41) is 9.77.